The lowest BCUT2D eigenvalue weighted by Crippen LogP contribution is -2.11. The maximum absolute atomic E-state index is 4.08. The molecule has 0 amide bonds. The van der Waals surface area contributed by atoms with Crippen LogP contribution in [0.15, 0.2) is 30.6 Å². The number of rotatable bonds is 4. The molecule has 0 aliphatic carbocycles. The zero-order chi connectivity index (χ0) is 12.3. The summed E-state index contributed by atoms with van der Waals surface area (Å²) in [7, 11) is 5.95. The molecule has 1 aromatic carbocycles. The van der Waals surface area contributed by atoms with Gasteiger partial charge >= 0.3 is 0 Å². The predicted octanol–water partition coefficient (Wildman–Crippen LogP) is 1.05. The van der Waals surface area contributed by atoms with Crippen molar-refractivity contribution in [3.8, 4) is 5.69 Å². The summed E-state index contributed by atoms with van der Waals surface area (Å²) >= 11 is 0. The van der Waals surface area contributed by atoms with E-state index in [1.807, 2.05) is 25.7 Å². The number of anilines is 1. The number of benzene rings is 1. The van der Waals surface area contributed by atoms with Crippen molar-refractivity contribution in [1.29, 1.82) is 0 Å². The van der Waals surface area contributed by atoms with Crippen LogP contribution in [-0.2, 0) is 6.54 Å². The smallest absolute Gasteiger partial charge is 0.151 e. The van der Waals surface area contributed by atoms with E-state index in [2.05, 4.69) is 44.7 Å². The lowest BCUT2D eigenvalue weighted by Gasteiger charge is -2.13. The van der Waals surface area contributed by atoms with Crippen LogP contribution in [0.1, 0.15) is 5.82 Å². The summed E-state index contributed by atoms with van der Waals surface area (Å²) in [5, 5.41) is 11.1. The third-order valence-electron chi connectivity index (χ3n) is 2.60. The van der Waals surface area contributed by atoms with Crippen LogP contribution < -0.4 is 10.2 Å². The second kappa shape index (κ2) is 4.97. The molecule has 0 aliphatic rings. The SMILES string of the molecule is CNCc1nncn1-c1ccc(N(C)C)cc1. The molecule has 1 aromatic heterocycles. The van der Waals surface area contributed by atoms with Crippen molar-refractivity contribution >= 4 is 5.69 Å². The van der Waals surface area contributed by atoms with Gasteiger partial charge in [0.2, 0.25) is 0 Å². The maximum Gasteiger partial charge on any atom is 0.151 e. The van der Waals surface area contributed by atoms with Gasteiger partial charge in [-0.3, -0.25) is 4.57 Å². The van der Waals surface area contributed by atoms with Gasteiger partial charge in [-0.15, -0.1) is 10.2 Å². The number of hydrogen-bond donors (Lipinski definition) is 1. The Morgan fingerprint density at radius 2 is 1.94 bits per heavy atom. The summed E-state index contributed by atoms with van der Waals surface area (Å²) < 4.78 is 1.98. The summed E-state index contributed by atoms with van der Waals surface area (Å²) in [6.07, 6.45) is 1.73. The molecular formula is C12H17N5. The molecule has 5 heteroatoms. The molecule has 0 bridgehead atoms. The highest BCUT2D eigenvalue weighted by atomic mass is 15.3. The van der Waals surface area contributed by atoms with Crippen LogP contribution in [0.3, 0.4) is 0 Å². The molecule has 90 valence electrons. The van der Waals surface area contributed by atoms with Crippen molar-refractivity contribution in [2.24, 2.45) is 0 Å². The summed E-state index contributed by atoms with van der Waals surface area (Å²) in [6, 6.07) is 8.30. The summed E-state index contributed by atoms with van der Waals surface area (Å²) in [6.45, 7) is 0.704. The van der Waals surface area contributed by atoms with E-state index in [-0.39, 0.29) is 0 Å². The Hall–Kier alpha value is -1.88. The van der Waals surface area contributed by atoms with E-state index in [9.17, 15) is 0 Å². The van der Waals surface area contributed by atoms with Crippen molar-refractivity contribution in [1.82, 2.24) is 20.1 Å². The number of aromatic nitrogens is 3. The van der Waals surface area contributed by atoms with E-state index < -0.39 is 0 Å². The Kier molecular flexibility index (Phi) is 3.39. The molecule has 0 aliphatic heterocycles. The first-order valence-electron chi connectivity index (χ1n) is 5.53. The van der Waals surface area contributed by atoms with Crippen molar-refractivity contribution in [3.63, 3.8) is 0 Å². The van der Waals surface area contributed by atoms with Crippen LogP contribution in [0.4, 0.5) is 5.69 Å². The van der Waals surface area contributed by atoms with E-state index in [1.165, 1.54) is 5.69 Å². The Bertz CT molecular complexity index is 472. The summed E-state index contributed by atoms with van der Waals surface area (Å²) in [5.74, 6) is 0.908. The number of nitrogens with one attached hydrogen (secondary N) is 1. The van der Waals surface area contributed by atoms with Gasteiger partial charge in [-0.25, -0.2) is 0 Å². The van der Waals surface area contributed by atoms with Gasteiger partial charge in [0, 0.05) is 25.5 Å². The molecule has 2 aromatic rings. The lowest BCUT2D eigenvalue weighted by atomic mass is 10.2. The Labute approximate surface area is 101 Å². The van der Waals surface area contributed by atoms with Crippen molar-refractivity contribution < 1.29 is 0 Å². The molecule has 0 atom stereocenters. The molecule has 0 saturated carbocycles. The molecular weight excluding hydrogens is 214 g/mol. The van der Waals surface area contributed by atoms with Gasteiger partial charge < -0.3 is 10.2 Å². The summed E-state index contributed by atoms with van der Waals surface area (Å²) in [4.78, 5) is 2.07. The Morgan fingerprint density at radius 1 is 1.24 bits per heavy atom. The zero-order valence-electron chi connectivity index (χ0n) is 10.4. The first-order chi connectivity index (χ1) is 8.22. The second-order valence-corrected chi connectivity index (χ2v) is 4.06. The van der Waals surface area contributed by atoms with Crippen LogP contribution in [0.2, 0.25) is 0 Å². The minimum atomic E-state index is 0.704. The highest BCUT2D eigenvalue weighted by molar-refractivity contribution is 5.49. The monoisotopic (exact) mass is 231 g/mol. The Balaban J connectivity index is 2.30. The van der Waals surface area contributed by atoms with Gasteiger partial charge in [0.15, 0.2) is 5.82 Å². The largest absolute Gasteiger partial charge is 0.378 e. The van der Waals surface area contributed by atoms with Gasteiger partial charge in [-0.2, -0.15) is 0 Å². The molecule has 0 radical (unpaired) electrons. The minimum absolute atomic E-state index is 0.704. The Morgan fingerprint density at radius 3 is 2.53 bits per heavy atom. The number of hydrogen-bond acceptors (Lipinski definition) is 4. The van der Waals surface area contributed by atoms with E-state index in [0.717, 1.165) is 11.5 Å². The summed E-state index contributed by atoms with van der Waals surface area (Å²) in [5.41, 5.74) is 2.25. The third kappa shape index (κ3) is 2.45. The normalized spacial score (nSPS) is 10.5. The average Bonchev–Trinajstić information content (AvgIpc) is 2.78. The average molecular weight is 231 g/mol. The van der Waals surface area contributed by atoms with Crippen LogP contribution >= 0.6 is 0 Å². The zero-order valence-corrected chi connectivity index (χ0v) is 10.4. The maximum atomic E-state index is 4.08. The van der Waals surface area contributed by atoms with E-state index >= 15 is 0 Å². The van der Waals surface area contributed by atoms with Crippen molar-refractivity contribution in [3.05, 3.63) is 36.4 Å². The molecule has 0 saturated heterocycles. The molecule has 2 rings (SSSR count). The molecule has 5 nitrogen and oxygen atoms in total. The highest BCUT2D eigenvalue weighted by Gasteiger charge is 2.05. The lowest BCUT2D eigenvalue weighted by molar-refractivity contribution is 0.737. The third-order valence-corrected chi connectivity index (χ3v) is 2.60. The van der Waals surface area contributed by atoms with E-state index in [4.69, 9.17) is 0 Å². The fraction of sp³-hybridized carbons (Fsp3) is 0.333. The molecule has 1 N–H and O–H groups in total. The van der Waals surface area contributed by atoms with Gasteiger partial charge in [0.25, 0.3) is 0 Å². The fourth-order valence-electron chi connectivity index (χ4n) is 1.66. The van der Waals surface area contributed by atoms with E-state index in [1.54, 1.807) is 6.33 Å². The van der Waals surface area contributed by atoms with E-state index in [0.29, 0.717) is 6.54 Å². The van der Waals surface area contributed by atoms with Crippen molar-refractivity contribution in [2.45, 2.75) is 6.54 Å². The van der Waals surface area contributed by atoms with Crippen LogP contribution in [-0.4, -0.2) is 35.9 Å². The quantitative estimate of drug-likeness (QED) is 0.854. The standard InChI is InChI=1S/C12H17N5/c1-13-8-12-15-14-9-17(12)11-6-4-10(5-7-11)16(2)3/h4-7,9,13H,8H2,1-3H3. The number of nitrogens with zero attached hydrogens (tertiary/aromatic N) is 4. The van der Waals surface area contributed by atoms with Gasteiger partial charge in [-0.05, 0) is 31.3 Å². The minimum Gasteiger partial charge on any atom is -0.378 e. The second-order valence-electron chi connectivity index (χ2n) is 4.06. The highest BCUT2D eigenvalue weighted by Crippen LogP contribution is 2.16. The predicted molar refractivity (Wildman–Crippen MR) is 68.4 cm³/mol. The van der Waals surface area contributed by atoms with Gasteiger partial charge in [0.1, 0.15) is 6.33 Å². The van der Waals surface area contributed by atoms with Crippen LogP contribution in [0.5, 0.6) is 0 Å². The van der Waals surface area contributed by atoms with Gasteiger partial charge in [0.05, 0.1) is 6.54 Å². The first kappa shape index (κ1) is 11.6. The molecule has 0 unspecified atom stereocenters. The first-order valence-corrected chi connectivity index (χ1v) is 5.53. The van der Waals surface area contributed by atoms with Crippen molar-refractivity contribution in [2.75, 3.05) is 26.0 Å². The van der Waals surface area contributed by atoms with Crippen LogP contribution in [0.25, 0.3) is 5.69 Å². The molecule has 1 heterocycles. The molecule has 0 spiro atoms. The van der Waals surface area contributed by atoms with Gasteiger partial charge in [-0.1, -0.05) is 0 Å². The fourth-order valence-corrected chi connectivity index (χ4v) is 1.66. The van der Waals surface area contributed by atoms with Crippen LogP contribution in [0, 0.1) is 0 Å². The molecule has 17 heavy (non-hydrogen) atoms. The molecule has 0 fully saturated rings. The topological polar surface area (TPSA) is 46.0 Å².